The average molecular weight is 328 g/mol. The van der Waals surface area contributed by atoms with Crippen molar-refractivity contribution in [2.75, 3.05) is 11.5 Å². The van der Waals surface area contributed by atoms with Crippen LogP contribution in [0.4, 0.5) is 5.69 Å². The molecule has 124 valence electrons. The fraction of sp³-hybridized carbons (Fsp3) is 0.333. The first-order chi connectivity index (χ1) is 11.6. The summed E-state index contributed by atoms with van der Waals surface area (Å²) in [5.41, 5.74) is 8.05. The highest BCUT2D eigenvalue weighted by molar-refractivity contribution is 6.07. The molecule has 0 fully saturated rings. The minimum Gasteiger partial charge on any atom is -0.489 e. The number of nitrogens with one attached hydrogen (secondary N) is 2. The van der Waals surface area contributed by atoms with Crippen LogP contribution >= 0.6 is 0 Å². The summed E-state index contributed by atoms with van der Waals surface area (Å²) < 4.78 is 5.63. The summed E-state index contributed by atoms with van der Waals surface area (Å²) in [6, 6.07) is 4.09. The van der Waals surface area contributed by atoms with Gasteiger partial charge in [0.25, 0.3) is 0 Å². The molecule has 9 nitrogen and oxygen atoms in total. The number of amides is 2. The lowest BCUT2D eigenvalue weighted by atomic mass is 10.1. The van der Waals surface area contributed by atoms with Crippen LogP contribution in [0.3, 0.4) is 0 Å². The van der Waals surface area contributed by atoms with E-state index in [1.165, 1.54) is 4.90 Å². The predicted molar refractivity (Wildman–Crippen MR) is 83.1 cm³/mol. The molecule has 0 unspecified atom stereocenters. The van der Waals surface area contributed by atoms with Crippen LogP contribution in [0, 0.1) is 0 Å². The van der Waals surface area contributed by atoms with E-state index in [2.05, 4.69) is 20.7 Å². The molecule has 1 aromatic heterocycles. The first-order valence-corrected chi connectivity index (χ1v) is 7.61. The molecule has 0 aliphatic carbocycles. The maximum Gasteiger partial charge on any atom is 0.248 e. The Bertz CT molecular complexity index is 791. The Balaban J connectivity index is 1.62. The number of aromatic amines is 1. The SMILES string of the molecule is N[C@H]1COc2cccc3c2N(C1=O)[C@H](C(=O)NCc1c[nH]nn1)C3. The Morgan fingerprint density at radius 3 is 3.17 bits per heavy atom. The second kappa shape index (κ2) is 5.60. The van der Waals surface area contributed by atoms with Gasteiger partial charge >= 0.3 is 0 Å². The fourth-order valence-electron chi connectivity index (χ4n) is 3.09. The molecule has 0 bridgehead atoms. The molecule has 24 heavy (non-hydrogen) atoms. The monoisotopic (exact) mass is 328 g/mol. The number of nitrogens with two attached hydrogens (primary N) is 1. The van der Waals surface area contributed by atoms with Crippen molar-refractivity contribution in [1.29, 1.82) is 0 Å². The van der Waals surface area contributed by atoms with Gasteiger partial charge in [0.05, 0.1) is 12.2 Å². The number of ether oxygens (including phenoxy) is 1. The Labute approximate surface area is 137 Å². The molecule has 2 aliphatic rings. The van der Waals surface area contributed by atoms with E-state index >= 15 is 0 Å². The van der Waals surface area contributed by atoms with Crippen molar-refractivity contribution < 1.29 is 14.3 Å². The molecule has 2 aliphatic heterocycles. The van der Waals surface area contributed by atoms with E-state index in [9.17, 15) is 9.59 Å². The van der Waals surface area contributed by atoms with Crippen LogP contribution in [-0.2, 0) is 22.6 Å². The lowest BCUT2D eigenvalue weighted by Gasteiger charge is -2.25. The normalized spacial score (nSPS) is 21.9. The van der Waals surface area contributed by atoms with Crippen LogP contribution in [0.25, 0.3) is 0 Å². The van der Waals surface area contributed by atoms with Gasteiger partial charge in [-0.3, -0.25) is 19.6 Å². The number of para-hydroxylation sites is 1. The first kappa shape index (κ1) is 14.6. The number of hydrogen-bond donors (Lipinski definition) is 3. The van der Waals surface area contributed by atoms with E-state index in [0.29, 0.717) is 23.6 Å². The van der Waals surface area contributed by atoms with Gasteiger partial charge in [-0.15, -0.1) is 5.10 Å². The van der Waals surface area contributed by atoms with Crippen LogP contribution < -0.4 is 20.7 Å². The number of benzene rings is 1. The highest BCUT2D eigenvalue weighted by atomic mass is 16.5. The maximum absolute atomic E-state index is 12.6. The highest BCUT2D eigenvalue weighted by Gasteiger charge is 2.43. The largest absolute Gasteiger partial charge is 0.489 e. The van der Waals surface area contributed by atoms with Gasteiger partial charge < -0.3 is 15.8 Å². The van der Waals surface area contributed by atoms with E-state index < -0.39 is 12.1 Å². The van der Waals surface area contributed by atoms with E-state index in [4.69, 9.17) is 10.5 Å². The summed E-state index contributed by atoms with van der Waals surface area (Å²) in [4.78, 5) is 26.7. The fourth-order valence-corrected chi connectivity index (χ4v) is 3.09. The van der Waals surface area contributed by atoms with Crippen molar-refractivity contribution in [1.82, 2.24) is 20.7 Å². The third-order valence-electron chi connectivity index (χ3n) is 4.24. The average Bonchev–Trinajstić information content (AvgIpc) is 3.21. The van der Waals surface area contributed by atoms with E-state index in [0.717, 1.165) is 5.56 Å². The molecule has 4 N–H and O–H groups in total. The van der Waals surface area contributed by atoms with Gasteiger partial charge in [-0.05, 0) is 11.6 Å². The molecule has 0 spiro atoms. The number of rotatable bonds is 3. The second-order valence-corrected chi connectivity index (χ2v) is 5.79. The summed E-state index contributed by atoms with van der Waals surface area (Å²) in [7, 11) is 0. The summed E-state index contributed by atoms with van der Waals surface area (Å²) in [6.45, 7) is 0.332. The van der Waals surface area contributed by atoms with E-state index in [1.807, 2.05) is 12.1 Å². The topological polar surface area (TPSA) is 126 Å². The summed E-state index contributed by atoms with van der Waals surface area (Å²) in [5, 5.41) is 12.8. The quantitative estimate of drug-likeness (QED) is 0.670. The van der Waals surface area contributed by atoms with E-state index in [1.54, 1.807) is 12.3 Å². The van der Waals surface area contributed by atoms with Gasteiger partial charge in [0.1, 0.15) is 30.1 Å². The Kier molecular flexibility index (Phi) is 3.42. The van der Waals surface area contributed by atoms with Crippen molar-refractivity contribution in [3.63, 3.8) is 0 Å². The summed E-state index contributed by atoms with van der Waals surface area (Å²) in [6.07, 6.45) is 2.03. The zero-order valence-electron chi connectivity index (χ0n) is 12.7. The third kappa shape index (κ3) is 2.29. The van der Waals surface area contributed by atoms with Gasteiger partial charge in [-0.25, -0.2) is 0 Å². The van der Waals surface area contributed by atoms with E-state index in [-0.39, 0.29) is 25.0 Å². The molecular weight excluding hydrogens is 312 g/mol. The molecule has 2 aromatic rings. The summed E-state index contributed by atoms with van der Waals surface area (Å²) >= 11 is 0. The minimum absolute atomic E-state index is 0.0963. The minimum atomic E-state index is -0.797. The highest BCUT2D eigenvalue weighted by Crippen LogP contribution is 2.41. The third-order valence-corrected chi connectivity index (χ3v) is 4.24. The van der Waals surface area contributed by atoms with Crippen molar-refractivity contribution in [3.05, 3.63) is 35.7 Å². The van der Waals surface area contributed by atoms with Gasteiger partial charge in [0.15, 0.2) is 0 Å². The van der Waals surface area contributed by atoms with Gasteiger partial charge in [0.2, 0.25) is 11.8 Å². The van der Waals surface area contributed by atoms with Gasteiger partial charge in [-0.1, -0.05) is 17.3 Å². The lowest BCUT2D eigenvalue weighted by Crippen LogP contribution is -2.53. The number of H-pyrrole nitrogens is 1. The smallest absolute Gasteiger partial charge is 0.248 e. The molecule has 0 saturated heterocycles. The van der Waals surface area contributed by atoms with Crippen LogP contribution in [0.1, 0.15) is 11.3 Å². The predicted octanol–water partition coefficient (Wildman–Crippen LogP) is -0.901. The number of hydrogen-bond acceptors (Lipinski definition) is 6. The van der Waals surface area contributed by atoms with Crippen molar-refractivity contribution in [3.8, 4) is 5.75 Å². The Morgan fingerprint density at radius 2 is 2.38 bits per heavy atom. The number of nitrogens with zero attached hydrogens (tertiary/aromatic N) is 3. The van der Waals surface area contributed by atoms with Crippen molar-refractivity contribution in [2.45, 2.75) is 25.0 Å². The number of anilines is 1. The number of carbonyl (C=O) groups excluding carboxylic acids is 2. The van der Waals surface area contributed by atoms with Gasteiger partial charge in [0, 0.05) is 12.6 Å². The zero-order valence-corrected chi connectivity index (χ0v) is 12.7. The molecular formula is C15H16N6O3. The second-order valence-electron chi connectivity index (χ2n) is 5.79. The zero-order chi connectivity index (χ0) is 16.7. The van der Waals surface area contributed by atoms with Crippen molar-refractivity contribution in [2.24, 2.45) is 5.73 Å². The van der Waals surface area contributed by atoms with Crippen molar-refractivity contribution >= 4 is 17.5 Å². The van der Waals surface area contributed by atoms with Crippen LogP contribution in [-0.4, -0.2) is 45.9 Å². The molecule has 1 aromatic carbocycles. The maximum atomic E-state index is 12.6. The van der Waals surface area contributed by atoms with Gasteiger partial charge in [-0.2, -0.15) is 0 Å². The lowest BCUT2D eigenvalue weighted by molar-refractivity contribution is -0.126. The van der Waals surface area contributed by atoms with Crippen LogP contribution in [0.2, 0.25) is 0 Å². The summed E-state index contributed by atoms with van der Waals surface area (Å²) in [5.74, 6) is 0.0171. The molecule has 0 radical (unpaired) electrons. The molecule has 2 amide bonds. The molecule has 2 atom stereocenters. The number of carbonyl (C=O) groups is 2. The Hall–Kier alpha value is -2.94. The Morgan fingerprint density at radius 1 is 1.50 bits per heavy atom. The molecule has 3 heterocycles. The number of aromatic nitrogens is 3. The molecule has 0 saturated carbocycles. The molecule has 4 rings (SSSR count). The standard InChI is InChI=1S/C15H16N6O3/c16-10-7-24-12-3-1-2-8-4-11(21(13(8)12)15(10)23)14(22)17-5-9-6-18-20-19-9/h1-3,6,10-11H,4-5,7,16H2,(H,17,22)(H,18,19,20)/t10-,11-/m0/s1. The molecule has 9 heteroatoms. The first-order valence-electron chi connectivity index (χ1n) is 7.61. The van der Waals surface area contributed by atoms with Crippen LogP contribution in [0.5, 0.6) is 5.75 Å². The van der Waals surface area contributed by atoms with Crippen LogP contribution in [0.15, 0.2) is 24.4 Å².